The molecule has 0 saturated carbocycles. The number of aromatic amines is 1. The summed E-state index contributed by atoms with van der Waals surface area (Å²) < 4.78 is 1.79. The lowest BCUT2D eigenvalue weighted by Crippen LogP contribution is -2.13. The molecule has 2 aromatic carbocycles. The van der Waals surface area contributed by atoms with Crippen LogP contribution in [0.2, 0.25) is 5.02 Å². The molecule has 130 valence electrons. The maximum atomic E-state index is 12.0. The van der Waals surface area contributed by atoms with Gasteiger partial charge >= 0.3 is 0 Å². The molecule has 0 saturated heterocycles. The normalized spacial score (nSPS) is 11.2. The first-order valence-electron chi connectivity index (χ1n) is 8.09. The van der Waals surface area contributed by atoms with Gasteiger partial charge in [-0.25, -0.2) is 5.10 Å². The smallest absolute Gasteiger partial charge is 0.272 e. The third-order valence-corrected chi connectivity index (χ3v) is 4.77. The molecule has 7 heteroatoms. The minimum Gasteiger partial charge on any atom is -0.325 e. The zero-order valence-corrected chi connectivity index (χ0v) is 14.8. The second-order valence-corrected chi connectivity index (χ2v) is 6.38. The standard InChI is InChI=1S/C19H16ClN5O/c1-25-18(13-4-2-3-5-16(13)20)15(10-22-25)11-6-7-12-14(8-11)17(9-21)23-24-19(12)26/h2-8,10H,9,21H2,1H3,(H,24,26). The van der Waals surface area contributed by atoms with Crippen molar-refractivity contribution in [1.82, 2.24) is 20.0 Å². The van der Waals surface area contributed by atoms with E-state index < -0.39 is 0 Å². The Morgan fingerprint density at radius 2 is 1.96 bits per heavy atom. The minimum atomic E-state index is -0.235. The van der Waals surface area contributed by atoms with E-state index in [1.54, 1.807) is 16.9 Å². The van der Waals surface area contributed by atoms with E-state index in [0.29, 0.717) is 16.1 Å². The molecule has 0 aliphatic heterocycles. The summed E-state index contributed by atoms with van der Waals surface area (Å²) in [7, 11) is 1.88. The third kappa shape index (κ3) is 2.60. The van der Waals surface area contributed by atoms with E-state index >= 15 is 0 Å². The number of H-pyrrole nitrogens is 1. The number of fused-ring (bicyclic) bond motifs is 1. The van der Waals surface area contributed by atoms with Gasteiger partial charge in [0.1, 0.15) is 0 Å². The van der Waals surface area contributed by atoms with Crippen molar-refractivity contribution in [1.29, 1.82) is 0 Å². The fraction of sp³-hybridized carbons (Fsp3) is 0.105. The number of rotatable bonds is 3. The van der Waals surface area contributed by atoms with Gasteiger partial charge in [-0.1, -0.05) is 35.9 Å². The molecule has 0 fully saturated rings. The number of nitrogens with one attached hydrogen (secondary N) is 1. The van der Waals surface area contributed by atoms with Gasteiger partial charge in [0.25, 0.3) is 5.56 Å². The Bertz CT molecular complexity index is 1180. The van der Waals surface area contributed by atoms with Gasteiger partial charge in [0.2, 0.25) is 0 Å². The zero-order chi connectivity index (χ0) is 18.3. The van der Waals surface area contributed by atoms with E-state index in [1.807, 2.05) is 43.4 Å². The summed E-state index contributed by atoms with van der Waals surface area (Å²) in [5.41, 5.74) is 9.83. The first kappa shape index (κ1) is 16.5. The van der Waals surface area contributed by atoms with Crippen LogP contribution in [0.15, 0.2) is 53.5 Å². The van der Waals surface area contributed by atoms with E-state index in [-0.39, 0.29) is 12.1 Å². The average molecular weight is 366 g/mol. The highest BCUT2D eigenvalue weighted by molar-refractivity contribution is 6.33. The van der Waals surface area contributed by atoms with Crippen LogP contribution in [-0.2, 0) is 13.6 Å². The van der Waals surface area contributed by atoms with Gasteiger partial charge in [-0.15, -0.1) is 0 Å². The van der Waals surface area contributed by atoms with Gasteiger partial charge in [0.05, 0.1) is 23.0 Å². The predicted octanol–water partition coefficient (Wildman–Crippen LogP) is 3.10. The average Bonchev–Trinajstić information content (AvgIpc) is 3.03. The van der Waals surface area contributed by atoms with Crippen molar-refractivity contribution in [2.45, 2.75) is 6.54 Å². The van der Waals surface area contributed by atoms with Gasteiger partial charge in [-0.2, -0.15) is 10.2 Å². The largest absolute Gasteiger partial charge is 0.325 e. The van der Waals surface area contributed by atoms with Crippen LogP contribution in [0.3, 0.4) is 0 Å². The van der Waals surface area contributed by atoms with Crippen LogP contribution in [0.5, 0.6) is 0 Å². The second kappa shape index (κ2) is 6.40. The number of hydrogen-bond acceptors (Lipinski definition) is 4. The molecule has 0 unspecified atom stereocenters. The van der Waals surface area contributed by atoms with Crippen molar-refractivity contribution in [3.05, 3.63) is 69.7 Å². The predicted molar refractivity (Wildman–Crippen MR) is 103 cm³/mol. The summed E-state index contributed by atoms with van der Waals surface area (Å²) in [6.45, 7) is 0.237. The van der Waals surface area contributed by atoms with Crippen molar-refractivity contribution in [3.8, 4) is 22.4 Å². The van der Waals surface area contributed by atoms with Gasteiger partial charge < -0.3 is 5.73 Å². The van der Waals surface area contributed by atoms with E-state index in [2.05, 4.69) is 15.3 Å². The van der Waals surface area contributed by atoms with Crippen LogP contribution in [0.1, 0.15) is 5.69 Å². The lowest BCUT2D eigenvalue weighted by atomic mass is 9.98. The molecule has 0 spiro atoms. The highest BCUT2D eigenvalue weighted by atomic mass is 35.5. The molecular formula is C19H16ClN5O. The fourth-order valence-electron chi connectivity index (χ4n) is 3.16. The van der Waals surface area contributed by atoms with E-state index in [1.165, 1.54) is 0 Å². The summed E-state index contributed by atoms with van der Waals surface area (Å²) in [5, 5.41) is 12.9. The Morgan fingerprint density at radius 1 is 1.15 bits per heavy atom. The molecule has 0 aliphatic carbocycles. The SMILES string of the molecule is Cn1ncc(-c2ccc3c(=O)[nH]nc(CN)c3c2)c1-c1ccccc1Cl. The highest BCUT2D eigenvalue weighted by Crippen LogP contribution is 2.36. The number of nitrogens with zero attached hydrogens (tertiary/aromatic N) is 3. The molecule has 0 bridgehead atoms. The first-order valence-corrected chi connectivity index (χ1v) is 8.46. The Hall–Kier alpha value is -2.96. The Morgan fingerprint density at radius 3 is 2.73 bits per heavy atom. The number of nitrogens with two attached hydrogens (primary N) is 1. The molecule has 4 rings (SSSR count). The van der Waals surface area contributed by atoms with Crippen LogP contribution in [0, 0.1) is 0 Å². The lowest BCUT2D eigenvalue weighted by molar-refractivity contribution is 0.776. The van der Waals surface area contributed by atoms with Crippen molar-refractivity contribution < 1.29 is 0 Å². The third-order valence-electron chi connectivity index (χ3n) is 4.44. The molecule has 2 aromatic heterocycles. The summed E-state index contributed by atoms with van der Waals surface area (Å²) in [4.78, 5) is 12.0. The second-order valence-electron chi connectivity index (χ2n) is 5.97. The number of benzene rings is 2. The number of aromatic nitrogens is 4. The molecule has 0 amide bonds. The van der Waals surface area contributed by atoms with Crippen molar-refractivity contribution in [2.75, 3.05) is 0 Å². The minimum absolute atomic E-state index is 0.235. The van der Waals surface area contributed by atoms with Crippen LogP contribution in [0.25, 0.3) is 33.2 Å². The lowest BCUT2D eigenvalue weighted by Gasteiger charge is -2.10. The number of hydrogen-bond donors (Lipinski definition) is 2. The maximum absolute atomic E-state index is 12.0. The van der Waals surface area contributed by atoms with Gasteiger partial charge in [0.15, 0.2) is 0 Å². The molecule has 0 atom stereocenters. The summed E-state index contributed by atoms with van der Waals surface area (Å²) in [5.74, 6) is 0. The quantitative estimate of drug-likeness (QED) is 0.583. The van der Waals surface area contributed by atoms with E-state index in [4.69, 9.17) is 17.3 Å². The molecule has 6 nitrogen and oxygen atoms in total. The van der Waals surface area contributed by atoms with Gasteiger partial charge in [0, 0.05) is 35.1 Å². The summed E-state index contributed by atoms with van der Waals surface area (Å²) in [6, 6.07) is 13.3. The number of halogens is 1. The molecule has 2 heterocycles. The first-order chi connectivity index (χ1) is 12.6. The van der Waals surface area contributed by atoms with E-state index in [9.17, 15) is 4.79 Å². The zero-order valence-electron chi connectivity index (χ0n) is 14.0. The molecule has 0 aliphatic rings. The molecule has 26 heavy (non-hydrogen) atoms. The van der Waals surface area contributed by atoms with Gasteiger partial charge in [-0.3, -0.25) is 9.48 Å². The molecule has 3 N–H and O–H groups in total. The highest BCUT2D eigenvalue weighted by Gasteiger charge is 2.16. The van der Waals surface area contributed by atoms with Crippen molar-refractivity contribution in [2.24, 2.45) is 12.8 Å². The van der Waals surface area contributed by atoms with Crippen LogP contribution < -0.4 is 11.3 Å². The van der Waals surface area contributed by atoms with Crippen molar-refractivity contribution in [3.63, 3.8) is 0 Å². The van der Waals surface area contributed by atoms with Crippen LogP contribution >= 0.6 is 11.6 Å². The molecular weight excluding hydrogens is 350 g/mol. The monoisotopic (exact) mass is 365 g/mol. The van der Waals surface area contributed by atoms with Crippen LogP contribution in [-0.4, -0.2) is 20.0 Å². The Kier molecular flexibility index (Phi) is 4.06. The van der Waals surface area contributed by atoms with Crippen molar-refractivity contribution >= 4 is 22.4 Å². The number of aryl methyl sites for hydroxylation is 1. The summed E-state index contributed by atoms with van der Waals surface area (Å²) in [6.07, 6.45) is 1.79. The van der Waals surface area contributed by atoms with Crippen LogP contribution in [0.4, 0.5) is 0 Å². The Labute approximate surface area is 154 Å². The maximum Gasteiger partial charge on any atom is 0.272 e. The summed E-state index contributed by atoms with van der Waals surface area (Å²) >= 11 is 6.40. The van der Waals surface area contributed by atoms with Gasteiger partial charge in [-0.05, 0) is 23.8 Å². The topological polar surface area (TPSA) is 89.6 Å². The Balaban J connectivity index is 1.98. The molecule has 4 aromatic rings. The van der Waals surface area contributed by atoms with E-state index in [0.717, 1.165) is 27.8 Å². The molecule has 0 radical (unpaired) electrons. The fourth-order valence-corrected chi connectivity index (χ4v) is 3.39.